The molecule has 6 nitrogen and oxygen atoms in total. The SMILES string of the molecule is O=C(NC1CC1)[C@H](c1ccccc1)N1CCO[C@@H](Cn2cccn2)C1. The first-order valence-corrected chi connectivity index (χ1v) is 8.98. The Morgan fingerprint density at radius 1 is 1.28 bits per heavy atom. The Hall–Kier alpha value is -2.18. The van der Waals surface area contributed by atoms with Crippen molar-refractivity contribution in [1.29, 1.82) is 0 Å². The molecule has 0 radical (unpaired) electrons. The molecule has 1 aromatic heterocycles. The van der Waals surface area contributed by atoms with Gasteiger partial charge in [0.25, 0.3) is 0 Å². The number of hydrogen-bond acceptors (Lipinski definition) is 4. The Morgan fingerprint density at radius 2 is 2.12 bits per heavy atom. The second-order valence-corrected chi connectivity index (χ2v) is 6.81. The summed E-state index contributed by atoms with van der Waals surface area (Å²) in [7, 11) is 0. The number of ether oxygens (including phenoxy) is 1. The van der Waals surface area contributed by atoms with E-state index in [-0.39, 0.29) is 18.1 Å². The molecule has 1 aromatic carbocycles. The number of amides is 1. The maximum Gasteiger partial charge on any atom is 0.242 e. The van der Waals surface area contributed by atoms with Crippen LogP contribution in [0.3, 0.4) is 0 Å². The van der Waals surface area contributed by atoms with E-state index < -0.39 is 0 Å². The lowest BCUT2D eigenvalue weighted by atomic mass is 10.0. The van der Waals surface area contributed by atoms with Gasteiger partial charge >= 0.3 is 0 Å². The average molecular weight is 340 g/mol. The monoisotopic (exact) mass is 340 g/mol. The quantitative estimate of drug-likeness (QED) is 0.868. The minimum atomic E-state index is -0.258. The summed E-state index contributed by atoms with van der Waals surface area (Å²) in [5, 5.41) is 7.43. The largest absolute Gasteiger partial charge is 0.374 e. The molecule has 2 aromatic rings. The van der Waals surface area contributed by atoms with Gasteiger partial charge in [0.1, 0.15) is 6.04 Å². The normalized spacial score (nSPS) is 22.5. The Kier molecular flexibility index (Phi) is 4.81. The molecule has 0 spiro atoms. The van der Waals surface area contributed by atoms with E-state index in [9.17, 15) is 4.79 Å². The van der Waals surface area contributed by atoms with Crippen LogP contribution in [0.2, 0.25) is 0 Å². The van der Waals surface area contributed by atoms with Gasteiger partial charge in [-0.2, -0.15) is 5.10 Å². The van der Waals surface area contributed by atoms with Gasteiger partial charge in [0, 0.05) is 31.5 Å². The van der Waals surface area contributed by atoms with Crippen LogP contribution in [0.1, 0.15) is 24.4 Å². The van der Waals surface area contributed by atoms with Gasteiger partial charge in [-0.1, -0.05) is 30.3 Å². The first-order chi connectivity index (χ1) is 12.3. The van der Waals surface area contributed by atoms with Crippen LogP contribution in [0.15, 0.2) is 48.8 Å². The van der Waals surface area contributed by atoms with Crippen LogP contribution in [-0.2, 0) is 16.1 Å². The van der Waals surface area contributed by atoms with Crippen molar-refractivity contribution >= 4 is 5.91 Å². The fourth-order valence-corrected chi connectivity index (χ4v) is 3.38. The van der Waals surface area contributed by atoms with Crippen LogP contribution in [-0.4, -0.2) is 52.4 Å². The van der Waals surface area contributed by atoms with E-state index in [1.807, 2.05) is 47.3 Å². The summed E-state index contributed by atoms with van der Waals surface area (Å²) in [5.74, 6) is 0.105. The predicted octanol–water partition coefficient (Wildman–Crippen LogP) is 1.60. The van der Waals surface area contributed by atoms with Gasteiger partial charge in [0.05, 0.1) is 19.3 Å². The predicted molar refractivity (Wildman–Crippen MR) is 93.9 cm³/mol. The van der Waals surface area contributed by atoms with E-state index in [0.717, 1.165) is 31.5 Å². The molecule has 2 heterocycles. The van der Waals surface area contributed by atoms with Gasteiger partial charge < -0.3 is 10.1 Å². The number of nitrogens with one attached hydrogen (secondary N) is 1. The molecule has 2 fully saturated rings. The zero-order chi connectivity index (χ0) is 17.1. The Balaban J connectivity index is 1.50. The van der Waals surface area contributed by atoms with Crippen molar-refractivity contribution in [3.8, 4) is 0 Å². The van der Waals surface area contributed by atoms with Crippen molar-refractivity contribution in [2.75, 3.05) is 19.7 Å². The first kappa shape index (κ1) is 16.3. The van der Waals surface area contributed by atoms with Gasteiger partial charge in [-0.05, 0) is 24.5 Å². The van der Waals surface area contributed by atoms with Crippen LogP contribution in [0, 0.1) is 0 Å². The minimum absolute atomic E-state index is 0.0357. The topological polar surface area (TPSA) is 59.4 Å². The molecule has 2 atom stereocenters. The molecule has 0 bridgehead atoms. The standard InChI is InChI=1S/C19H24N4O2/c24-19(21-16-7-8-16)18(15-5-2-1-3-6-15)22-11-12-25-17(13-22)14-23-10-4-9-20-23/h1-6,9-10,16-18H,7-8,11-14H2,(H,21,24)/t17-,18+/m1/s1. The second-order valence-electron chi connectivity index (χ2n) is 6.81. The van der Waals surface area contributed by atoms with E-state index in [0.29, 0.717) is 19.2 Å². The number of rotatable bonds is 6. The van der Waals surface area contributed by atoms with E-state index >= 15 is 0 Å². The zero-order valence-corrected chi connectivity index (χ0v) is 14.3. The molecule has 1 saturated heterocycles. The highest BCUT2D eigenvalue weighted by Gasteiger charge is 2.34. The lowest BCUT2D eigenvalue weighted by Crippen LogP contribution is -2.50. The fourth-order valence-electron chi connectivity index (χ4n) is 3.38. The summed E-state index contributed by atoms with van der Waals surface area (Å²) in [6, 6.07) is 12.1. The zero-order valence-electron chi connectivity index (χ0n) is 14.3. The van der Waals surface area contributed by atoms with Gasteiger partial charge in [-0.25, -0.2) is 0 Å². The van der Waals surface area contributed by atoms with Crippen molar-refractivity contribution in [2.24, 2.45) is 0 Å². The molecule has 1 aliphatic carbocycles. The van der Waals surface area contributed by atoms with E-state index in [1.165, 1.54) is 0 Å². The number of hydrogen-bond donors (Lipinski definition) is 1. The van der Waals surface area contributed by atoms with Crippen molar-refractivity contribution in [2.45, 2.75) is 37.6 Å². The smallest absolute Gasteiger partial charge is 0.242 e. The summed E-state index contributed by atoms with van der Waals surface area (Å²) in [4.78, 5) is 15.1. The molecule has 2 aliphatic rings. The molecular formula is C19H24N4O2. The summed E-state index contributed by atoms with van der Waals surface area (Å²) < 4.78 is 7.79. The third-order valence-electron chi connectivity index (χ3n) is 4.77. The Labute approximate surface area is 147 Å². The first-order valence-electron chi connectivity index (χ1n) is 8.98. The molecule has 4 rings (SSSR count). The van der Waals surface area contributed by atoms with Crippen LogP contribution in [0.5, 0.6) is 0 Å². The number of carbonyl (C=O) groups is 1. The number of nitrogens with zero attached hydrogens (tertiary/aromatic N) is 3. The molecule has 6 heteroatoms. The van der Waals surface area contributed by atoms with Crippen LogP contribution < -0.4 is 5.32 Å². The van der Waals surface area contributed by atoms with Crippen molar-refractivity contribution < 1.29 is 9.53 Å². The Morgan fingerprint density at radius 3 is 2.84 bits per heavy atom. The summed E-state index contributed by atoms with van der Waals surface area (Å²) >= 11 is 0. The highest BCUT2D eigenvalue weighted by molar-refractivity contribution is 5.83. The van der Waals surface area contributed by atoms with Crippen molar-refractivity contribution in [1.82, 2.24) is 20.0 Å². The molecule has 25 heavy (non-hydrogen) atoms. The van der Waals surface area contributed by atoms with Gasteiger partial charge in [0.2, 0.25) is 5.91 Å². The van der Waals surface area contributed by atoms with E-state index in [1.54, 1.807) is 6.20 Å². The van der Waals surface area contributed by atoms with Crippen LogP contribution >= 0.6 is 0 Å². The molecule has 1 saturated carbocycles. The highest BCUT2D eigenvalue weighted by atomic mass is 16.5. The minimum Gasteiger partial charge on any atom is -0.374 e. The molecule has 132 valence electrons. The third-order valence-corrected chi connectivity index (χ3v) is 4.77. The maximum atomic E-state index is 12.9. The van der Waals surface area contributed by atoms with Gasteiger partial charge in [-0.15, -0.1) is 0 Å². The number of benzene rings is 1. The summed E-state index contributed by atoms with van der Waals surface area (Å²) in [5.41, 5.74) is 1.04. The average Bonchev–Trinajstić information content (AvgIpc) is 3.29. The van der Waals surface area contributed by atoms with Gasteiger partial charge in [-0.3, -0.25) is 14.4 Å². The number of morpholine rings is 1. The van der Waals surface area contributed by atoms with Crippen LogP contribution in [0.4, 0.5) is 0 Å². The summed E-state index contributed by atoms with van der Waals surface area (Å²) in [6.07, 6.45) is 5.94. The van der Waals surface area contributed by atoms with Gasteiger partial charge in [0.15, 0.2) is 0 Å². The molecule has 1 amide bonds. The third kappa shape index (κ3) is 4.08. The maximum absolute atomic E-state index is 12.9. The van der Waals surface area contributed by atoms with Crippen molar-refractivity contribution in [3.63, 3.8) is 0 Å². The van der Waals surface area contributed by atoms with Crippen LogP contribution in [0.25, 0.3) is 0 Å². The Bertz CT molecular complexity index is 685. The number of carbonyl (C=O) groups excluding carboxylic acids is 1. The lowest BCUT2D eigenvalue weighted by Gasteiger charge is -2.37. The van der Waals surface area contributed by atoms with E-state index in [4.69, 9.17) is 4.74 Å². The summed E-state index contributed by atoms with van der Waals surface area (Å²) in [6.45, 7) is 2.81. The number of aromatic nitrogens is 2. The second kappa shape index (κ2) is 7.37. The van der Waals surface area contributed by atoms with E-state index in [2.05, 4.69) is 15.3 Å². The van der Waals surface area contributed by atoms with Crippen molar-refractivity contribution in [3.05, 3.63) is 54.4 Å². The molecule has 0 unspecified atom stereocenters. The highest BCUT2D eigenvalue weighted by Crippen LogP contribution is 2.26. The molecule has 1 aliphatic heterocycles. The lowest BCUT2D eigenvalue weighted by molar-refractivity contribution is -0.130. The fraction of sp³-hybridized carbons (Fsp3) is 0.474. The molecular weight excluding hydrogens is 316 g/mol. The molecule has 1 N–H and O–H groups in total.